The number of nitrogens with one attached hydrogen (secondary N) is 1. The van der Waals surface area contributed by atoms with Crippen LogP contribution in [0.2, 0.25) is 5.02 Å². The average Bonchev–Trinajstić information content (AvgIpc) is 2.65. The smallest absolute Gasteiger partial charge is 0.242 e. The highest BCUT2D eigenvalue weighted by Gasteiger charge is 2.39. The van der Waals surface area contributed by atoms with Crippen LogP contribution in [0.15, 0.2) is 42.5 Å². The van der Waals surface area contributed by atoms with Crippen molar-refractivity contribution in [2.75, 3.05) is 25.0 Å². The van der Waals surface area contributed by atoms with Crippen molar-refractivity contribution in [3.63, 3.8) is 0 Å². The predicted molar refractivity (Wildman–Crippen MR) is 109 cm³/mol. The Kier molecular flexibility index (Phi) is 4.78. The SMILES string of the molecule is C[C@@H]1CN2C(=O)CN(C(=S)Nc3ccc(F)cc3Cl)C[C@@H]2c2ccccc21. The van der Waals surface area contributed by atoms with Crippen LogP contribution in [0.1, 0.15) is 30.0 Å². The normalized spacial score (nSPS) is 21.5. The maximum Gasteiger partial charge on any atom is 0.242 e. The van der Waals surface area contributed by atoms with Crippen molar-refractivity contribution in [1.29, 1.82) is 0 Å². The molecule has 0 aliphatic carbocycles. The van der Waals surface area contributed by atoms with Gasteiger partial charge in [0.05, 0.1) is 23.3 Å². The molecule has 0 aromatic heterocycles. The Bertz CT molecular complexity index is 922. The number of hydrogen-bond acceptors (Lipinski definition) is 2. The van der Waals surface area contributed by atoms with Gasteiger partial charge in [-0.15, -0.1) is 0 Å². The first-order valence-electron chi connectivity index (χ1n) is 8.83. The van der Waals surface area contributed by atoms with Gasteiger partial charge >= 0.3 is 0 Å². The molecule has 0 radical (unpaired) electrons. The van der Waals surface area contributed by atoms with Gasteiger partial charge in [0.25, 0.3) is 0 Å². The summed E-state index contributed by atoms with van der Waals surface area (Å²) >= 11 is 11.6. The monoisotopic (exact) mass is 403 g/mol. The van der Waals surface area contributed by atoms with E-state index < -0.39 is 5.82 Å². The Morgan fingerprint density at radius 3 is 2.70 bits per heavy atom. The molecule has 2 aromatic carbocycles. The Morgan fingerprint density at radius 1 is 1.22 bits per heavy atom. The number of piperazine rings is 1. The van der Waals surface area contributed by atoms with Crippen LogP contribution in [0.25, 0.3) is 0 Å². The zero-order valence-electron chi connectivity index (χ0n) is 14.8. The first-order valence-corrected chi connectivity index (χ1v) is 9.62. The number of halogens is 2. The summed E-state index contributed by atoms with van der Waals surface area (Å²) < 4.78 is 13.2. The molecule has 4 nitrogen and oxygen atoms in total. The summed E-state index contributed by atoms with van der Waals surface area (Å²) in [5, 5.41) is 3.70. The largest absolute Gasteiger partial charge is 0.337 e. The highest BCUT2D eigenvalue weighted by molar-refractivity contribution is 7.80. The van der Waals surface area contributed by atoms with Crippen LogP contribution in [-0.4, -0.2) is 40.5 Å². The maximum atomic E-state index is 13.2. The third kappa shape index (κ3) is 3.39. The van der Waals surface area contributed by atoms with Crippen LogP contribution in [0.5, 0.6) is 0 Å². The first kappa shape index (κ1) is 18.2. The van der Waals surface area contributed by atoms with Crippen molar-refractivity contribution < 1.29 is 9.18 Å². The second kappa shape index (κ2) is 7.09. The number of carbonyl (C=O) groups excluding carboxylic acids is 1. The molecule has 140 valence electrons. The molecule has 2 aromatic rings. The molecule has 2 aliphatic heterocycles. The summed E-state index contributed by atoms with van der Waals surface area (Å²) in [5.74, 6) is -0.0359. The number of amides is 1. The quantitative estimate of drug-likeness (QED) is 0.724. The molecule has 1 fully saturated rings. The van der Waals surface area contributed by atoms with Crippen molar-refractivity contribution in [3.05, 3.63) is 64.4 Å². The summed E-state index contributed by atoms with van der Waals surface area (Å²) in [6, 6.07) is 12.3. The molecule has 7 heteroatoms. The number of thiocarbonyl (C=S) groups is 1. The van der Waals surface area contributed by atoms with Gasteiger partial charge in [-0.25, -0.2) is 4.39 Å². The van der Waals surface area contributed by atoms with Gasteiger partial charge in [0.2, 0.25) is 5.91 Å². The topological polar surface area (TPSA) is 35.6 Å². The molecule has 2 aliphatic rings. The fraction of sp³-hybridized carbons (Fsp3) is 0.300. The standard InChI is InChI=1S/C20H19ClFN3OS/c1-12-9-25-18(15-5-3-2-4-14(12)15)10-24(11-19(25)26)20(27)23-17-7-6-13(22)8-16(17)21/h2-8,12,18H,9-11H2,1H3,(H,23,27)/t12-,18-/m1/s1. The molecule has 0 unspecified atom stereocenters. The Morgan fingerprint density at radius 2 is 1.96 bits per heavy atom. The van der Waals surface area contributed by atoms with Gasteiger partial charge in [0.1, 0.15) is 5.82 Å². The lowest BCUT2D eigenvalue weighted by Gasteiger charge is -2.47. The van der Waals surface area contributed by atoms with Gasteiger partial charge in [-0.3, -0.25) is 4.79 Å². The second-order valence-electron chi connectivity index (χ2n) is 7.03. The maximum absolute atomic E-state index is 13.2. The van der Waals surface area contributed by atoms with Crippen LogP contribution in [0.4, 0.5) is 10.1 Å². The molecular formula is C20H19ClFN3OS. The van der Waals surface area contributed by atoms with Crippen molar-refractivity contribution >= 4 is 40.5 Å². The van der Waals surface area contributed by atoms with Crippen molar-refractivity contribution in [2.24, 2.45) is 0 Å². The van der Waals surface area contributed by atoms with E-state index >= 15 is 0 Å². The van der Waals surface area contributed by atoms with E-state index in [4.69, 9.17) is 23.8 Å². The lowest BCUT2D eigenvalue weighted by molar-refractivity contribution is -0.139. The van der Waals surface area contributed by atoms with Crippen LogP contribution in [0, 0.1) is 5.82 Å². The number of rotatable bonds is 1. The van der Waals surface area contributed by atoms with Gasteiger partial charge in [0.15, 0.2) is 5.11 Å². The number of nitrogens with zero attached hydrogens (tertiary/aromatic N) is 2. The van der Waals surface area contributed by atoms with Crippen LogP contribution in [-0.2, 0) is 4.79 Å². The minimum atomic E-state index is -0.409. The third-order valence-electron chi connectivity index (χ3n) is 5.23. The van der Waals surface area contributed by atoms with Gasteiger partial charge in [0, 0.05) is 13.1 Å². The van der Waals surface area contributed by atoms with Crippen molar-refractivity contribution in [1.82, 2.24) is 9.80 Å². The molecule has 1 saturated heterocycles. The number of anilines is 1. The molecule has 0 bridgehead atoms. The van der Waals surface area contributed by atoms with E-state index in [1.165, 1.54) is 23.3 Å². The van der Waals surface area contributed by atoms with Crippen LogP contribution < -0.4 is 5.32 Å². The van der Waals surface area contributed by atoms with E-state index in [1.54, 1.807) is 6.07 Å². The first-order chi connectivity index (χ1) is 12.9. The Labute approximate surface area is 167 Å². The highest BCUT2D eigenvalue weighted by atomic mass is 35.5. The summed E-state index contributed by atoms with van der Waals surface area (Å²) in [7, 11) is 0. The molecule has 4 rings (SSSR count). The molecule has 1 amide bonds. The van der Waals surface area contributed by atoms with Gasteiger partial charge < -0.3 is 15.1 Å². The predicted octanol–water partition coefficient (Wildman–Crippen LogP) is 4.18. The van der Waals surface area contributed by atoms with Gasteiger partial charge in [-0.05, 0) is 47.5 Å². The van der Waals surface area contributed by atoms with E-state index in [1.807, 2.05) is 21.9 Å². The zero-order chi connectivity index (χ0) is 19.1. The Hall–Kier alpha value is -2.18. The minimum Gasteiger partial charge on any atom is -0.337 e. The van der Waals surface area contributed by atoms with E-state index in [2.05, 4.69) is 24.4 Å². The van der Waals surface area contributed by atoms with E-state index in [0.717, 1.165) is 6.54 Å². The summed E-state index contributed by atoms with van der Waals surface area (Å²) in [4.78, 5) is 16.6. The molecule has 2 atom stereocenters. The van der Waals surface area contributed by atoms with Crippen molar-refractivity contribution in [2.45, 2.75) is 18.9 Å². The number of carbonyl (C=O) groups is 1. The molecular weight excluding hydrogens is 385 g/mol. The van der Waals surface area contributed by atoms with E-state index in [0.29, 0.717) is 23.3 Å². The lowest BCUT2D eigenvalue weighted by atomic mass is 9.85. The number of fused-ring (bicyclic) bond motifs is 3. The summed E-state index contributed by atoms with van der Waals surface area (Å²) in [6.07, 6.45) is 0. The van der Waals surface area contributed by atoms with Crippen LogP contribution in [0.3, 0.4) is 0 Å². The van der Waals surface area contributed by atoms with E-state index in [-0.39, 0.29) is 23.5 Å². The fourth-order valence-corrected chi connectivity index (χ4v) is 4.35. The number of hydrogen-bond donors (Lipinski definition) is 1. The molecule has 1 N–H and O–H groups in total. The summed E-state index contributed by atoms with van der Waals surface area (Å²) in [6.45, 7) is 3.70. The molecule has 27 heavy (non-hydrogen) atoms. The second-order valence-corrected chi connectivity index (χ2v) is 7.82. The van der Waals surface area contributed by atoms with Crippen LogP contribution >= 0.6 is 23.8 Å². The highest BCUT2D eigenvalue weighted by Crippen LogP contribution is 2.38. The number of benzene rings is 2. The van der Waals surface area contributed by atoms with Gasteiger partial charge in [-0.1, -0.05) is 42.8 Å². The van der Waals surface area contributed by atoms with Gasteiger partial charge in [-0.2, -0.15) is 0 Å². The molecule has 2 heterocycles. The minimum absolute atomic E-state index is 0.0258. The van der Waals surface area contributed by atoms with E-state index in [9.17, 15) is 9.18 Å². The lowest BCUT2D eigenvalue weighted by Crippen LogP contribution is -2.56. The third-order valence-corrected chi connectivity index (χ3v) is 5.91. The van der Waals surface area contributed by atoms with Crippen molar-refractivity contribution in [3.8, 4) is 0 Å². The Balaban J connectivity index is 1.57. The fourth-order valence-electron chi connectivity index (χ4n) is 3.89. The average molecular weight is 404 g/mol. The molecule has 0 saturated carbocycles. The zero-order valence-corrected chi connectivity index (χ0v) is 16.4. The molecule has 0 spiro atoms. The summed E-state index contributed by atoms with van der Waals surface area (Å²) in [5.41, 5.74) is 2.99.